The number of carbonyl (C=O) groups excluding carboxylic acids is 2. The van der Waals surface area contributed by atoms with E-state index in [9.17, 15) is 9.59 Å². The number of ether oxygens (including phenoxy) is 4. The summed E-state index contributed by atoms with van der Waals surface area (Å²) in [6.45, 7) is 6.38. The van der Waals surface area contributed by atoms with Crippen LogP contribution in [0, 0.1) is 0 Å². The van der Waals surface area contributed by atoms with Gasteiger partial charge < -0.3 is 18.9 Å². The molecule has 0 radical (unpaired) electrons. The second kappa shape index (κ2) is 16.8. The predicted molar refractivity (Wildman–Crippen MR) is 158 cm³/mol. The Morgan fingerprint density at radius 2 is 1.10 bits per heavy atom. The Hall–Kier alpha value is -4.06. The van der Waals surface area contributed by atoms with Crippen molar-refractivity contribution in [3.63, 3.8) is 0 Å². The van der Waals surface area contributed by atoms with Gasteiger partial charge in [-0.2, -0.15) is 0 Å². The van der Waals surface area contributed by atoms with E-state index >= 15 is 0 Å². The number of rotatable bonds is 17. The molecule has 0 N–H and O–H groups in total. The predicted octanol–water partition coefficient (Wildman–Crippen LogP) is 8.20. The van der Waals surface area contributed by atoms with E-state index in [4.69, 9.17) is 18.9 Å². The zero-order valence-electron chi connectivity index (χ0n) is 23.7. The summed E-state index contributed by atoms with van der Waals surface area (Å²) >= 11 is 0. The molecule has 6 heteroatoms. The zero-order valence-corrected chi connectivity index (χ0v) is 23.7. The standard InChI is InChI=1S/C34H40O6/c1-26(2)33(35)39-25-11-9-7-5-4-6-8-10-24-38-31-20-22-32(23-21-31)40-34(36)29-14-12-27(13-15-29)28-16-18-30(37-3)19-17-28/h12-23H,1,4-11,24-25H2,2-3H3. The molecule has 0 heterocycles. The average Bonchev–Trinajstić information content (AvgIpc) is 2.98. The fourth-order valence-corrected chi connectivity index (χ4v) is 4.09. The Morgan fingerprint density at radius 1 is 0.625 bits per heavy atom. The lowest BCUT2D eigenvalue weighted by atomic mass is 10.0. The Labute approximate surface area is 237 Å². The summed E-state index contributed by atoms with van der Waals surface area (Å²) in [7, 11) is 1.64. The first-order valence-electron chi connectivity index (χ1n) is 14.0. The third-order valence-corrected chi connectivity index (χ3v) is 6.47. The van der Waals surface area contributed by atoms with Crippen LogP contribution in [0.25, 0.3) is 11.1 Å². The number of hydrogen-bond acceptors (Lipinski definition) is 6. The fourth-order valence-electron chi connectivity index (χ4n) is 4.09. The molecule has 3 aromatic carbocycles. The second-order valence-electron chi connectivity index (χ2n) is 9.76. The first-order valence-corrected chi connectivity index (χ1v) is 14.0. The van der Waals surface area contributed by atoms with E-state index < -0.39 is 5.97 Å². The highest BCUT2D eigenvalue weighted by atomic mass is 16.5. The summed E-state index contributed by atoms with van der Waals surface area (Å²) < 4.78 is 21.7. The molecule has 0 unspecified atom stereocenters. The van der Waals surface area contributed by atoms with Gasteiger partial charge in [0.2, 0.25) is 0 Å². The highest BCUT2D eigenvalue weighted by Gasteiger charge is 2.10. The van der Waals surface area contributed by atoms with Gasteiger partial charge in [-0.15, -0.1) is 0 Å². The zero-order chi connectivity index (χ0) is 28.6. The molecular weight excluding hydrogens is 504 g/mol. The van der Waals surface area contributed by atoms with Gasteiger partial charge >= 0.3 is 11.9 Å². The van der Waals surface area contributed by atoms with Crippen molar-refractivity contribution in [2.75, 3.05) is 20.3 Å². The van der Waals surface area contributed by atoms with Gasteiger partial charge in [0.25, 0.3) is 0 Å². The molecule has 0 saturated carbocycles. The molecular formula is C34H40O6. The maximum atomic E-state index is 12.6. The Kier molecular flexibility index (Phi) is 12.8. The van der Waals surface area contributed by atoms with E-state index in [1.54, 1.807) is 38.3 Å². The summed E-state index contributed by atoms with van der Waals surface area (Å²) in [5.41, 5.74) is 2.99. The minimum absolute atomic E-state index is 0.301. The van der Waals surface area contributed by atoms with Crippen LogP contribution in [0.4, 0.5) is 0 Å². The highest BCUT2D eigenvalue weighted by Crippen LogP contribution is 2.24. The summed E-state index contributed by atoms with van der Waals surface area (Å²) in [5.74, 6) is 1.34. The molecule has 0 aliphatic carbocycles. The van der Waals surface area contributed by atoms with Crippen LogP contribution in [0.3, 0.4) is 0 Å². The SMILES string of the molecule is C=C(C)C(=O)OCCCCCCCCCCOc1ccc(OC(=O)c2ccc(-c3ccc(OC)cc3)cc2)cc1. The lowest BCUT2D eigenvalue weighted by Gasteiger charge is -2.09. The molecule has 40 heavy (non-hydrogen) atoms. The van der Waals surface area contributed by atoms with E-state index in [-0.39, 0.29) is 5.97 Å². The van der Waals surface area contributed by atoms with E-state index in [0.717, 1.165) is 54.7 Å². The molecule has 6 nitrogen and oxygen atoms in total. The van der Waals surface area contributed by atoms with Gasteiger partial charge in [-0.1, -0.05) is 69.4 Å². The van der Waals surface area contributed by atoms with Crippen molar-refractivity contribution in [3.05, 3.63) is 90.5 Å². The molecule has 3 aromatic rings. The van der Waals surface area contributed by atoms with Crippen LogP contribution < -0.4 is 14.2 Å². The number of esters is 2. The maximum Gasteiger partial charge on any atom is 0.343 e. The number of carbonyl (C=O) groups is 2. The molecule has 0 atom stereocenters. The van der Waals surface area contributed by atoms with Crippen LogP contribution in [-0.4, -0.2) is 32.3 Å². The van der Waals surface area contributed by atoms with Crippen LogP contribution in [0.2, 0.25) is 0 Å². The Bertz CT molecular complexity index is 1200. The third kappa shape index (κ3) is 10.6. The summed E-state index contributed by atoms with van der Waals surface area (Å²) in [6, 6.07) is 22.3. The normalized spacial score (nSPS) is 10.6. The molecule has 0 aliphatic rings. The van der Waals surface area contributed by atoms with E-state index in [1.807, 2.05) is 48.5 Å². The summed E-state index contributed by atoms with van der Waals surface area (Å²) in [6.07, 6.45) is 8.86. The summed E-state index contributed by atoms with van der Waals surface area (Å²) in [4.78, 5) is 23.9. The van der Waals surface area contributed by atoms with Crippen molar-refractivity contribution in [1.82, 2.24) is 0 Å². The van der Waals surface area contributed by atoms with Crippen LogP contribution in [-0.2, 0) is 9.53 Å². The van der Waals surface area contributed by atoms with Gasteiger partial charge in [0, 0.05) is 5.57 Å². The van der Waals surface area contributed by atoms with Gasteiger partial charge in [0.1, 0.15) is 17.2 Å². The molecule has 0 amide bonds. The lowest BCUT2D eigenvalue weighted by molar-refractivity contribution is -0.139. The van der Waals surface area contributed by atoms with Crippen molar-refractivity contribution in [3.8, 4) is 28.4 Å². The largest absolute Gasteiger partial charge is 0.497 e. The summed E-state index contributed by atoms with van der Waals surface area (Å²) in [5, 5.41) is 0. The van der Waals surface area contributed by atoms with Gasteiger partial charge in [-0.05, 0) is 79.4 Å². The van der Waals surface area contributed by atoms with Crippen LogP contribution in [0.15, 0.2) is 84.9 Å². The van der Waals surface area contributed by atoms with E-state index in [2.05, 4.69) is 6.58 Å². The number of benzene rings is 3. The van der Waals surface area contributed by atoms with Crippen molar-refractivity contribution < 1.29 is 28.5 Å². The van der Waals surface area contributed by atoms with Gasteiger partial charge in [0.15, 0.2) is 0 Å². The van der Waals surface area contributed by atoms with E-state index in [1.165, 1.54) is 19.3 Å². The fraction of sp³-hybridized carbons (Fsp3) is 0.353. The third-order valence-electron chi connectivity index (χ3n) is 6.47. The molecule has 0 saturated heterocycles. The first kappa shape index (κ1) is 30.5. The topological polar surface area (TPSA) is 71.1 Å². The maximum absolute atomic E-state index is 12.6. The Morgan fingerprint density at radius 3 is 1.65 bits per heavy atom. The van der Waals surface area contributed by atoms with Crippen molar-refractivity contribution in [2.45, 2.75) is 58.3 Å². The number of hydrogen-bond donors (Lipinski definition) is 0. The first-order chi connectivity index (χ1) is 19.5. The van der Waals surface area contributed by atoms with Gasteiger partial charge in [-0.3, -0.25) is 0 Å². The second-order valence-corrected chi connectivity index (χ2v) is 9.76. The molecule has 212 valence electrons. The minimum Gasteiger partial charge on any atom is -0.497 e. The van der Waals surface area contributed by atoms with Crippen LogP contribution >= 0.6 is 0 Å². The monoisotopic (exact) mass is 544 g/mol. The molecule has 3 rings (SSSR count). The van der Waals surface area contributed by atoms with Crippen LogP contribution in [0.1, 0.15) is 68.6 Å². The highest BCUT2D eigenvalue weighted by molar-refractivity contribution is 5.91. The lowest BCUT2D eigenvalue weighted by Crippen LogP contribution is -2.08. The van der Waals surface area contributed by atoms with Crippen LogP contribution in [0.5, 0.6) is 17.2 Å². The number of methoxy groups -OCH3 is 1. The average molecular weight is 545 g/mol. The molecule has 0 aromatic heterocycles. The molecule has 0 aliphatic heterocycles. The van der Waals surface area contributed by atoms with Gasteiger partial charge in [-0.25, -0.2) is 9.59 Å². The minimum atomic E-state index is -0.402. The van der Waals surface area contributed by atoms with Crippen molar-refractivity contribution >= 4 is 11.9 Å². The molecule has 0 fully saturated rings. The smallest absolute Gasteiger partial charge is 0.343 e. The quantitative estimate of drug-likeness (QED) is 0.0738. The molecule has 0 bridgehead atoms. The Balaban J connectivity index is 1.26. The van der Waals surface area contributed by atoms with Gasteiger partial charge in [0.05, 0.1) is 25.9 Å². The molecule has 0 spiro atoms. The van der Waals surface area contributed by atoms with E-state index in [0.29, 0.717) is 30.1 Å². The van der Waals surface area contributed by atoms with Crippen molar-refractivity contribution in [2.24, 2.45) is 0 Å². The number of unbranched alkanes of at least 4 members (excludes halogenated alkanes) is 7. The van der Waals surface area contributed by atoms with Crippen molar-refractivity contribution in [1.29, 1.82) is 0 Å².